The highest BCUT2D eigenvalue weighted by Gasteiger charge is 2.22. The Kier molecular flexibility index (Phi) is 8.34. The number of benzene rings is 3. The third kappa shape index (κ3) is 5.58. The number of hydrogen-bond donors (Lipinski definition) is 0. The van der Waals surface area contributed by atoms with Crippen molar-refractivity contribution in [2.24, 2.45) is 5.92 Å². The molecule has 0 spiro atoms. The molecule has 6 heteroatoms. The van der Waals surface area contributed by atoms with Crippen molar-refractivity contribution >= 4 is 5.57 Å². The summed E-state index contributed by atoms with van der Waals surface area (Å²) >= 11 is 0. The molecule has 1 aliphatic rings. The van der Waals surface area contributed by atoms with Crippen LogP contribution >= 0.6 is 0 Å². The van der Waals surface area contributed by atoms with Gasteiger partial charge >= 0.3 is 0 Å². The van der Waals surface area contributed by atoms with E-state index in [9.17, 15) is 17.6 Å². The van der Waals surface area contributed by atoms with Crippen LogP contribution in [0.15, 0.2) is 54.6 Å². The van der Waals surface area contributed by atoms with Gasteiger partial charge in [-0.3, -0.25) is 0 Å². The Morgan fingerprint density at radius 2 is 1.44 bits per heavy atom. The van der Waals surface area contributed by atoms with E-state index in [1.807, 2.05) is 13.0 Å². The zero-order valence-corrected chi connectivity index (χ0v) is 20.6. The van der Waals surface area contributed by atoms with Gasteiger partial charge < -0.3 is 9.47 Å². The summed E-state index contributed by atoms with van der Waals surface area (Å²) in [6, 6.07) is 13.2. The summed E-state index contributed by atoms with van der Waals surface area (Å²) in [5, 5.41) is 0. The lowest BCUT2D eigenvalue weighted by Gasteiger charge is -2.23. The molecule has 1 atom stereocenters. The largest absolute Gasteiger partial charge is 0.494 e. The predicted octanol–water partition coefficient (Wildman–Crippen LogP) is 8.52. The van der Waals surface area contributed by atoms with Gasteiger partial charge in [0.2, 0.25) is 5.82 Å². The fourth-order valence-corrected chi connectivity index (χ4v) is 4.70. The van der Waals surface area contributed by atoms with Crippen molar-refractivity contribution in [2.75, 3.05) is 13.2 Å². The molecule has 3 aromatic rings. The number of halogens is 4. The van der Waals surface area contributed by atoms with Crippen LogP contribution in [-0.2, 0) is 6.42 Å². The van der Waals surface area contributed by atoms with E-state index >= 15 is 0 Å². The highest BCUT2D eigenvalue weighted by Crippen LogP contribution is 2.36. The molecule has 0 saturated heterocycles. The van der Waals surface area contributed by atoms with Gasteiger partial charge in [-0.25, -0.2) is 13.2 Å². The number of aryl methyl sites for hydroxylation is 1. The summed E-state index contributed by atoms with van der Waals surface area (Å²) in [5.74, 6) is -2.68. The highest BCUT2D eigenvalue weighted by molar-refractivity contribution is 5.68. The molecule has 0 saturated carbocycles. The van der Waals surface area contributed by atoms with Gasteiger partial charge in [0.25, 0.3) is 0 Å². The summed E-state index contributed by atoms with van der Waals surface area (Å²) in [5.41, 5.74) is 2.17. The maximum absolute atomic E-state index is 14.9. The normalized spacial score (nSPS) is 15.5. The lowest BCUT2D eigenvalue weighted by Crippen LogP contribution is -2.09. The lowest BCUT2D eigenvalue weighted by molar-refractivity contribution is 0.314. The molecule has 1 unspecified atom stereocenters. The topological polar surface area (TPSA) is 18.5 Å². The van der Waals surface area contributed by atoms with Crippen molar-refractivity contribution in [3.63, 3.8) is 0 Å². The van der Waals surface area contributed by atoms with Crippen molar-refractivity contribution in [3.8, 4) is 22.6 Å². The maximum atomic E-state index is 14.9. The number of allylic oxidation sites excluding steroid dienone is 2. The number of hydrogen-bond acceptors (Lipinski definition) is 2. The van der Waals surface area contributed by atoms with Crippen molar-refractivity contribution in [1.29, 1.82) is 0 Å². The Bertz CT molecular complexity index is 1230. The minimum absolute atomic E-state index is 0.0872. The van der Waals surface area contributed by atoms with E-state index in [0.717, 1.165) is 12.0 Å². The van der Waals surface area contributed by atoms with Gasteiger partial charge in [0.1, 0.15) is 5.75 Å². The summed E-state index contributed by atoms with van der Waals surface area (Å²) in [6.07, 6.45) is 5.07. The average molecular weight is 499 g/mol. The van der Waals surface area contributed by atoms with Gasteiger partial charge in [-0.1, -0.05) is 30.3 Å². The molecular formula is C30H30F4O2. The maximum Gasteiger partial charge on any atom is 0.201 e. The standard InChI is InChI=1S/C30H30F4O2/c1-3-35-23-14-11-21(12-15-23)24-16-13-22(27(31)28(24)32)10-7-19-5-8-20(9-6-19)25-17-18-26(36-4-2)30(34)29(25)33/h8,11-19H,3-7,9-10H2,1-2H3. The van der Waals surface area contributed by atoms with E-state index in [1.165, 1.54) is 6.07 Å². The van der Waals surface area contributed by atoms with E-state index in [4.69, 9.17) is 9.47 Å². The van der Waals surface area contributed by atoms with Crippen LogP contribution in [0, 0.1) is 29.2 Å². The molecule has 0 aliphatic heterocycles. The Morgan fingerprint density at radius 1 is 0.750 bits per heavy atom. The van der Waals surface area contributed by atoms with Crippen LogP contribution in [0.4, 0.5) is 17.6 Å². The van der Waals surface area contributed by atoms with Crippen molar-refractivity contribution in [2.45, 2.75) is 46.0 Å². The molecule has 36 heavy (non-hydrogen) atoms. The van der Waals surface area contributed by atoms with Crippen LogP contribution in [0.3, 0.4) is 0 Å². The quantitative estimate of drug-likeness (QED) is 0.275. The SMILES string of the molecule is CCOc1ccc(-c2ccc(CCC3CC=C(c4ccc(OCC)c(F)c4F)CC3)c(F)c2F)cc1. The third-order valence-electron chi connectivity index (χ3n) is 6.67. The Balaban J connectivity index is 1.39. The average Bonchev–Trinajstić information content (AvgIpc) is 2.89. The van der Waals surface area contributed by atoms with Crippen LogP contribution < -0.4 is 9.47 Å². The molecule has 0 radical (unpaired) electrons. The Morgan fingerprint density at radius 3 is 2.11 bits per heavy atom. The first-order valence-corrected chi connectivity index (χ1v) is 12.4. The fraction of sp³-hybridized carbons (Fsp3) is 0.333. The first-order valence-electron chi connectivity index (χ1n) is 12.4. The summed E-state index contributed by atoms with van der Waals surface area (Å²) in [4.78, 5) is 0. The van der Waals surface area contributed by atoms with Crippen LogP contribution in [-0.4, -0.2) is 13.2 Å². The molecule has 1 aliphatic carbocycles. The Labute approximate surface area is 209 Å². The molecule has 190 valence electrons. The minimum Gasteiger partial charge on any atom is -0.494 e. The fourth-order valence-electron chi connectivity index (χ4n) is 4.70. The van der Waals surface area contributed by atoms with Gasteiger partial charge in [0.15, 0.2) is 23.2 Å². The molecule has 2 nitrogen and oxygen atoms in total. The molecule has 0 bridgehead atoms. The minimum atomic E-state index is -0.969. The monoisotopic (exact) mass is 498 g/mol. The van der Waals surface area contributed by atoms with Crippen LogP contribution in [0.5, 0.6) is 11.5 Å². The molecular weight excluding hydrogens is 468 g/mol. The van der Waals surface area contributed by atoms with Gasteiger partial charge in [-0.2, -0.15) is 4.39 Å². The second-order valence-corrected chi connectivity index (χ2v) is 8.94. The van der Waals surface area contributed by atoms with Gasteiger partial charge in [-0.15, -0.1) is 0 Å². The van der Waals surface area contributed by atoms with Crippen molar-refractivity contribution < 1.29 is 27.0 Å². The first-order chi connectivity index (χ1) is 17.4. The molecule has 0 N–H and O–H groups in total. The second kappa shape index (κ2) is 11.6. The third-order valence-corrected chi connectivity index (χ3v) is 6.67. The summed E-state index contributed by atoms with van der Waals surface area (Å²) in [6.45, 7) is 4.39. The van der Waals surface area contributed by atoms with Crippen LogP contribution in [0.1, 0.15) is 50.7 Å². The van der Waals surface area contributed by atoms with Gasteiger partial charge in [0.05, 0.1) is 13.2 Å². The first kappa shape index (κ1) is 25.8. The second-order valence-electron chi connectivity index (χ2n) is 8.94. The molecule has 3 aromatic carbocycles. The van der Waals surface area contributed by atoms with E-state index in [1.54, 1.807) is 49.4 Å². The predicted molar refractivity (Wildman–Crippen MR) is 134 cm³/mol. The van der Waals surface area contributed by atoms with Crippen molar-refractivity contribution in [3.05, 3.63) is 89.0 Å². The molecule has 0 aromatic heterocycles. The lowest BCUT2D eigenvalue weighted by atomic mass is 9.83. The number of rotatable bonds is 9. The highest BCUT2D eigenvalue weighted by atomic mass is 19.2. The summed E-state index contributed by atoms with van der Waals surface area (Å²) in [7, 11) is 0. The van der Waals surface area contributed by atoms with E-state index in [0.29, 0.717) is 49.2 Å². The number of ether oxygens (including phenoxy) is 2. The molecule has 4 rings (SSSR count). The summed E-state index contributed by atoms with van der Waals surface area (Å²) < 4.78 is 69.0. The zero-order valence-electron chi connectivity index (χ0n) is 20.6. The van der Waals surface area contributed by atoms with E-state index in [-0.39, 0.29) is 29.4 Å². The van der Waals surface area contributed by atoms with E-state index in [2.05, 4.69) is 0 Å². The van der Waals surface area contributed by atoms with Gasteiger partial charge in [-0.05, 0) is 92.8 Å². The smallest absolute Gasteiger partial charge is 0.201 e. The molecule has 0 amide bonds. The molecule has 0 fully saturated rings. The van der Waals surface area contributed by atoms with Crippen molar-refractivity contribution in [1.82, 2.24) is 0 Å². The zero-order chi connectivity index (χ0) is 25.7. The van der Waals surface area contributed by atoms with Gasteiger partial charge in [0, 0.05) is 11.1 Å². The van der Waals surface area contributed by atoms with E-state index < -0.39 is 23.3 Å². The van der Waals surface area contributed by atoms with Crippen LogP contribution in [0.2, 0.25) is 0 Å². The Hall–Kier alpha value is -3.28. The van der Waals surface area contributed by atoms with Crippen LogP contribution in [0.25, 0.3) is 16.7 Å². The molecule has 0 heterocycles.